The van der Waals surface area contributed by atoms with Gasteiger partial charge in [0.1, 0.15) is 5.75 Å². The van der Waals surface area contributed by atoms with Crippen LogP contribution in [-0.4, -0.2) is 20.1 Å². The molecule has 0 fully saturated rings. The minimum absolute atomic E-state index is 0.377. The summed E-state index contributed by atoms with van der Waals surface area (Å²) in [5.74, 6) is 1.07. The van der Waals surface area contributed by atoms with Crippen LogP contribution in [0.25, 0.3) is 0 Å². The Labute approximate surface area is 88.4 Å². The molecule has 0 aliphatic rings. The number of aliphatic imine (C=N–C) groups is 1. The number of hydrogen-bond donors (Lipinski definition) is 2. The largest absolute Gasteiger partial charge is 0.495 e. The topological polar surface area (TPSA) is 69.4 Å². The van der Waals surface area contributed by atoms with E-state index in [0.29, 0.717) is 11.7 Å². The van der Waals surface area contributed by atoms with Gasteiger partial charge in [-0.15, -0.1) is 0 Å². The third-order valence-corrected chi connectivity index (χ3v) is 1.76. The maximum atomic E-state index is 8.46. The van der Waals surface area contributed by atoms with Gasteiger partial charge in [-0.2, -0.15) is 5.26 Å². The Morgan fingerprint density at radius 3 is 2.80 bits per heavy atom. The number of ether oxygens (including phenoxy) is 1. The molecule has 15 heavy (non-hydrogen) atoms. The van der Waals surface area contributed by atoms with E-state index in [-0.39, 0.29) is 0 Å². The van der Waals surface area contributed by atoms with Gasteiger partial charge in [0.15, 0.2) is 6.19 Å². The summed E-state index contributed by atoms with van der Waals surface area (Å²) in [6.45, 7) is 0. The molecule has 0 aromatic heterocycles. The van der Waals surface area contributed by atoms with Gasteiger partial charge in [-0.3, -0.25) is 10.3 Å². The van der Waals surface area contributed by atoms with E-state index < -0.39 is 0 Å². The first-order valence-corrected chi connectivity index (χ1v) is 4.33. The summed E-state index contributed by atoms with van der Waals surface area (Å²) in [4.78, 5) is 3.86. The molecule has 0 spiro atoms. The van der Waals surface area contributed by atoms with Crippen LogP contribution in [-0.2, 0) is 0 Å². The van der Waals surface area contributed by atoms with Crippen molar-refractivity contribution in [2.45, 2.75) is 0 Å². The lowest BCUT2D eigenvalue weighted by Crippen LogP contribution is -2.26. The Kier molecular flexibility index (Phi) is 3.98. The Morgan fingerprint density at radius 1 is 1.47 bits per heavy atom. The van der Waals surface area contributed by atoms with E-state index in [1.54, 1.807) is 20.4 Å². The molecule has 0 saturated carbocycles. The second-order valence-electron chi connectivity index (χ2n) is 2.63. The summed E-state index contributed by atoms with van der Waals surface area (Å²) in [7, 11) is 3.17. The molecule has 0 aliphatic heterocycles. The van der Waals surface area contributed by atoms with Gasteiger partial charge >= 0.3 is 0 Å². The molecule has 1 rings (SSSR count). The number of guanidine groups is 1. The SMILES string of the molecule is CN=C(NC#N)Nc1ccccc1OC. The summed E-state index contributed by atoms with van der Waals surface area (Å²) in [5.41, 5.74) is 0.753. The molecule has 0 bridgehead atoms. The lowest BCUT2D eigenvalue weighted by Gasteiger charge is -2.10. The summed E-state index contributed by atoms with van der Waals surface area (Å²) in [5, 5.41) is 13.8. The molecule has 0 atom stereocenters. The van der Waals surface area contributed by atoms with E-state index in [1.165, 1.54) is 0 Å². The highest BCUT2D eigenvalue weighted by Gasteiger charge is 2.03. The van der Waals surface area contributed by atoms with Crippen LogP contribution < -0.4 is 15.4 Å². The maximum Gasteiger partial charge on any atom is 0.209 e. The predicted octanol–water partition coefficient (Wildman–Crippen LogP) is 1.16. The van der Waals surface area contributed by atoms with Gasteiger partial charge in [-0.25, -0.2) is 0 Å². The average Bonchev–Trinajstić information content (AvgIpc) is 2.29. The minimum atomic E-state index is 0.377. The van der Waals surface area contributed by atoms with Crippen LogP contribution in [0.4, 0.5) is 5.69 Å². The van der Waals surface area contributed by atoms with Gasteiger partial charge < -0.3 is 10.1 Å². The Bertz CT molecular complexity index is 395. The van der Waals surface area contributed by atoms with Crippen molar-refractivity contribution in [1.82, 2.24) is 5.32 Å². The Balaban J connectivity index is 2.84. The smallest absolute Gasteiger partial charge is 0.209 e. The van der Waals surface area contributed by atoms with Crippen molar-refractivity contribution in [2.24, 2.45) is 4.99 Å². The first kappa shape index (κ1) is 10.9. The van der Waals surface area contributed by atoms with E-state index in [2.05, 4.69) is 15.6 Å². The number of para-hydroxylation sites is 2. The summed E-state index contributed by atoms with van der Waals surface area (Å²) in [6, 6.07) is 7.39. The average molecular weight is 204 g/mol. The molecule has 5 heteroatoms. The third kappa shape index (κ3) is 2.88. The number of nitrogens with one attached hydrogen (secondary N) is 2. The maximum absolute atomic E-state index is 8.46. The van der Waals surface area contributed by atoms with Crippen LogP contribution in [0.3, 0.4) is 0 Å². The van der Waals surface area contributed by atoms with Gasteiger partial charge in [0.05, 0.1) is 12.8 Å². The standard InChI is InChI=1S/C10H12N4O/c1-12-10(13-7-11)14-8-5-3-4-6-9(8)15-2/h3-6H,1-2H3,(H2,12,13,14). The van der Waals surface area contributed by atoms with Crippen molar-refractivity contribution in [3.05, 3.63) is 24.3 Å². The van der Waals surface area contributed by atoms with Crippen molar-refractivity contribution in [3.8, 4) is 11.9 Å². The fourth-order valence-corrected chi connectivity index (χ4v) is 1.07. The molecule has 78 valence electrons. The zero-order chi connectivity index (χ0) is 11.1. The molecule has 0 saturated heterocycles. The van der Waals surface area contributed by atoms with E-state index in [4.69, 9.17) is 10.00 Å². The molecule has 1 aromatic carbocycles. The van der Waals surface area contributed by atoms with Gasteiger partial charge in [0.25, 0.3) is 0 Å². The van der Waals surface area contributed by atoms with Crippen LogP contribution in [0.1, 0.15) is 0 Å². The second kappa shape index (κ2) is 5.50. The second-order valence-corrected chi connectivity index (χ2v) is 2.63. The third-order valence-electron chi connectivity index (χ3n) is 1.76. The Hall–Kier alpha value is -2.22. The predicted molar refractivity (Wildman–Crippen MR) is 58.7 cm³/mol. The van der Waals surface area contributed by atoms with E-state index in [9.17, 15) is 0 Å². The van der Waals surface area contributed by atoms with Crippen LogP contribution in [0, 0.1) is 11.5 Å². The molecular formula is C10H12N4O. The molecule has 1 aromatic rings. The number of benzene rings is 1. The molecule has 0 unspecified atom stereocenters. The number of hydrogen-bond acceptors (Lipinski definition) is 3. The lowest BCUT2D eigenvalue weighted by molar-refractivity contribution is 0.417. The number of anilines is 1. The van der Waals surface area contributed by atoms with E-state index >= 15 is 0 Å². The normalized spacial score (nSPS) is 10.3. The lowest BCUT2D eigenvalue weighted by atomic mass is 10.3. The van der Waals surface area contributed by atoms with Crippen molar-refractivity contribution >= 4 is 11.6 Å². The number of methoxy groups -OCH3 is 1. The summed E-state index contributed by atoms with van der Waals surface area (Å²) in [6.07, 6.45) is 1.79. The van der Waals surface area contributed by atoms with Crippen molar-refractivity contribution in [3.63, 3.8) is 0 Å². The molecule has 0 amide bonds. The van der Waals surface area contributed by atoms with Crippen LogP contribution in [0.15, 0.2) is 29.3 Å². The monoisotopic (exact) mass is 204 g/mol. The van der Waals surface area contributed by atoms with Gasteiger partial charge in [-0.05, 0) is 12.1 Å². The van der Waals surface area contributed by atoms with E-state index in [0.717, 1.165) is 5.69 Å². The highest BCUT2D eigenvalue weighted by molar-refractivity contribution is 5.95. The zero-order valence-electron chi connectivity index (χ0n) is 8.61. The first-order chi connectivity index (χ1) is 7.31. The van der Waals surface area contributed by atoms with Gasteiger partial charge in [0, 0.05) is 7.05 Å². The molecule has 2 N–H and O–H groups in total. The van der Waals surface area contributed by atoms with Crippen molar-refractivity contribution in [2.75, 3.05) is 19.5 Å². The van der Waals surface area contributed by atoms with Crippen LogP contribution >= 0.6 is 0 Å². The minimum Gasteiger partial charge on any atom is -0.495 e. The molecular weight excluding hydrogens is 192 g/mol. The Morgan fingerprint density at radius 2 is 2.20 bits per heavy atom. The van der Waals surface area contributed by atoms with Crippen molar-refractivity contribution < 1.29 is 4.74 Å². The number of nitrogens with zero attached hydrogens (tertiary/aromatic N) is 2. The van der Waals surface area contributed by atoms with Crippen LogP contribution in [0.5, 0.6) is 5.75 Å². The molecule has 5 nitrogen and oxygen atoms in total. The highest BCUT2D eigenvalue weighted by Crippen LogP contribution is 2.22. The molecule has 0 heterocycles. The van der Waals surface area contributed by atoms with Crippen molar-refractivity contribution in [1.29, 1.82) is 5.26 Å². The quantitative estimate of drug-likeness (QED) is 0.328. The number of nitriles is 1. The van der Waals surface area contributed by atoms with Crippen LogP contribution in [0.2, 0.25) is 0 Å². The fraction of sp³-hybridized carbons (Fsp3) is 0.200. The molecule has 0 radical (unpaired) electrons. The summed E-state index contributed by atoms with van der Waals surface area (Å²) >= 11 is 0. The van der Waals surface area contributed by atoms with E-state index in [1.807, 2.05) is 24.3 Å². The first-order valence-electron chi connectivity index (χ1n) is 4.33. The summed E-state index contributed by atoms with van der Waals surface area (Å²) < 4.78 is 5.14. The van der Waals surface area contributed by atoms with Gasteiger partial charge in [0.2, 0.25) is 5.96 Å². The highest BCUT2D eigenvalue weighted by atomic mass is 16.5. The molecule has 0 aliphatic carbocycles. The van der Waals surface area contributed by atoms with Gasteiger partial charge in [-0.1, -0.05) is 12.1 Å². The zero-order valence-corrected chi connectivity index (χ0v) is 8.61. The fourth-order valence-electron chi connectivity index (χ4n) is 1.07. The number of rotatable bonds is 2.